The monoisotopic (exact) mass is 290 g/mol. The van der Waals surface area contributed by atoms with Crippen LogP contribution in [0.5, 0.6) is 11.5 Å². The molecule has 0 saturated carbocycles. The molecule has 0 amide bonds. The Bertz CT molecular complexity index is 629. The maximum absolute atomic E-state index is 7.53. The Hall–Kier alpha value is -2.20. The van der Waals surface area contributed by atoms with Gasteiger partial charge in [0.25, 0.3) is 0 Å². The lowest BCUT2D eigenvalue weighted by Gasteiger charge is -2.11. The van der Waals surface area contributed by atoms with E-state index >= 15 is 0 Å². The minimum atomic E-state index is -0.0534. The first-order valence-electron chi connectivity index (χ1n) is 6.00. The molecule has 3 N–H and O–H groups in total. The van der Waals surface area contributed by atoms with Crippen LogP contribution in [-0.2, 0) is 6.61 Å². The Balaban J connectivity index is 2.17. The van der Waals surface area contributed by atoms with Gasteiger partial charge in [0.05, 0.1) is 12.7 Å². The van der Waals surface area contributed by atoms with Crippen LogP contribution < -0.4 is 15.2 Å². The summed E-state index contributed by atoms with van der Waals surface area (Å²) in [6, 6.07) is 12.6. The van der Waals surface area contributed by atoms with Gasteiger partial charge >= 0.3 is 0 Å². The fourth-order valence-electron chi connectivity index (χ4n) is 1.76. The quantitative estimate of drug-likeness (QED) is 0.656. The van der Waals surface area contributed by atoms with Crippen LogP contribution >= 0.6 is 11.6 Å². The number of rotatable bonds is 5. The van der Waals surface area contributed by atoms with Gasteiger partial charge in [-0.3, -0.25) is 5.41 Å². The largest absolute Gasteiger partial charge is 0.497 e. The summed E-state index contributed by atoms with van der Waals surface area (Å²) in [5.74, 6) is 1.21. The van der Waals surface area contributed by atoms with Crippen molar-refractivity contribution in [3.63, 3.8) is 0 Å². The van der Waals surface area contributed by atoms with Crippen molar-refractivity contribution in [1.29, 1.82) is 5.41 Å². The molecule has 2 aromatic rings. The number of benzene rings is 2. The summed E-state index contributed by atoms with van der Waals surface area (Å²) < 4.78 is 10.9. The predicted molar refractivity (Wildman–Crippen MR) is 79.8 cm³/mol. The molecule has 0 saturated heterocycles. The normalized spacial score (nSPS) is 10.1. The summed E-state index contributed by atoms with van der Waals surface area (Å²) >= 11 is 5.94. The number of nitrogens with two attached hydrogens (primary N) is 1. The third-order valence-electron chi connectivity index (χ3n) is 2.76. The van der Waals surface area contributed by atoms with Gasteiger partial charge in [0.2, 0.25) is 0 Å². The van der Waals surface area contributed by atoms with E-state index in [1.54, 1.807) is 25.3 Å². The number of nitrogen functional groups attached to an aromatic ring is 1. The fraction of sp³-hybridized carbons (Fsp3) is 0.133. The van der Waals surface area contributed by atoms with Crippen molar-refractivity contribution >= 4 is 17.4 Å². The van der Waals surface area contributed by atoms with Gasteiger partial charge in [-0.05, 0) is 35.9 Å². The smallest absolute Gasteiger partial charge is 0.132 e. The van der Waals surface area contributed by atoms with Crippen LogP contribution in [0.3, 0.4) is 0 Å². The molecule has 0 unspecified atom stereocenters. The summed E-state index contributed by atoms with van der Waals surface area (Å²) in [7, 11) is 1.62. The van der Waals surface area contributed by atoms with Crippen LogP contribution in [0.4, 0.5) is 0 Å². The van der Waals surface area contributed by atoms with Gasteiger partial charge < -0.3 is 15.2 Å². The maximum atomic E-state index is 7.53. The molecule has 0 aliphatic heterocycles. The first kappa shape index (κ1) is 14.2. The standard InChI is InChI=1S/C15H15ClN2O2/c1-19-12-4-2-3-10(7-12)9-20-14-8-11(16)5-6-13(14)15(17)18/h2-8H,9H2,1H3,(H3,17,18). The van der Waals surface area contributed by atoms with Crippen LogP contribution in [0.2, 0.25) is 5.02 Å². The number of amidine groups is 1. The zero-order chi connectivity index (χ0) is 14.5. The molecule has 0 fully saturated rings. The number of hydrogen-bond donors (Lipinski definition) is 2. The van der Waals surface area contributed by atoms with Crippen LogP contribution in [0.15, 0.2) is 42.5 Å². The molecular formula is C15H15ClN2O2. The molecule has 2 rings (SSSR count). The Morgan fingerprint density at radius 2 is 2.05 bits per heavy atom. The second-order valence-electron chi connectivity index (χ2n) is 4.19. The second-order valence-corrected chi connectivity index (χ2v) is 4.63. The summed E-state index contributed by atoms with van der Waals surface area (Å²) in [5.41, 5.74) is 7.00. The van der Waals surface area contributed by atoms with E-state index in [-0.39, 0.29) is 5.84 Å². The highest BCUT2D eigenvalue weighted by molar-refractivity contribution is 6.30. The third-order valence-corrected chi connectivity index (χ3v) is 3.00. The Labute approximate surface area is 122 Å². The molecule has 20 heavy (non-hydrogen) atoms. The van der Waals surface area contributed by atoms with E-state index < -0.39 is 0 Å². The highest BCUT2D eigenvalue weighted by atomic mass is 35.5. The molecule has 0 atom stereocenters. The molecule has 0 bridgehead atoms. The van der Waals surface area contributed by atoms with Gasteiger partial charge in [-0.25, -0.2) is 0 Å². The molecule has 0 heterocycles. The number of ether oxygens (including phenoxy) is 2. The Kier molecular flexibility index (Phi) is 4.48. The number of hydrogen-bond acceptors (Lipinski definition) is 3. The van der Waals surface area contributed by atoms with Crippen molar-refractivity contribution in [3.05, 3.63) is 58.6 Å². The summed E-state index contributed by atoms with van der Waals surface area (Å²) in [4.78, 5) is 0. The lowest BCUT2D eigenvalue weighted by molar-refractivity contribution is 0.304. The van der Waals surface area contributed by atoms with Gasteiger partial charge in [0.1, 0.15) is 23.9 Å². The fourth-order valence-corrected chi connectivity index (χ4v) is 1.92. The van der Waals surface area contributed by atoms with E-state index in [1.807, 2.05) is 24.3 Å². The minimum Gasteiger partial charge on any atom is -0.497 e. The molecule has 4 nitrogen and oxygen atoms in total. The van der Waals surface area contributed by atoms with Gasteiger partial charge in [0.15, 0.2) is 0 Å². The highest BCUT2D eigenvalue weighted by Gasteiger charge is 2.08. The van der Waals surface area contributed by atoms with Crippen LogP contribution in [0.1, 0.15) is 11.1 Å². The van der Waals surface area contributed by atoms with Gasteiger partial charge in [-0.15, -0.1) is 0 Å². The average Bonchev–Trinajstić information content (AvgIpc) is 2.45. The molecule has 104 valence electrons. The van der Waals surface area contributed by atoms with Crippen molar-refractivity contribution in [3.8, 4) is 11.5 Å². The molecular weight excluding hydrogens is 276 g/mol. The molecule has 0 spiro atoms. The molecule has 0 aliphatic carbocycles. The molecule has 0 aromatic heterocycles. The SMILES string of the molecule is COc1cccc(COc2cc(Cl)ccc2C(=N)N)c1. The maximum Gasteiger partial charge on any atom is 0.132 e. The van der Waals surface area contributed by atoms with Crippen molar-refractivity contribution in [2.75, 3.05) is 7.11 Å². The first-order chi connectivity index (χ1) is 9.60. The van der Waals surface area contributed by atoms with E-state index in [2.05, 4.69) is 0 Å². The van der Waals surface area contributed by atoms with E-state index in [9.17, 15) is 0 Å². The van der Waals surface area contributed by atoms with E-state index in [4.69, 9.17) is 32.2 Å². The van der Waals surface area contributed by atoms with E-state index in [1.165, 1.54) is 0 Å². The van der Waals surface area contributed by atoms with Gasteiger partial charge in [-0.2, -0.15) is 0 Å². The Morgan fingerprint density at radius 1 is 1.25 bits per heavy atom. The predicted octanol–water partition coefficient (Wildman–Crippen LogP) is 3.21. The highest BCUT2D eigenvalue weighted by Crippen LogP contribution is 2.24. The van der Waals surface area contributed by atoms with Gasteiger partial charge in [0, 0.05) is 5.02 Å². The molecule has 0 aliphatic rings. The van der Waals surface area contributed by atoms with Crippen LogP contribution in [-0.4, -0.2) is 12.9 Å². The molecule has 0 radical (unpaired) electrons. The lowest BCUT2D eigenvalue weighted by atomic mass is 10.2. The number of halogens is 1. The zero-order valence-electron chi connectivity index (χ0n) is 11.0. The number of nitrogens with one attached hydrogen (secondary N) is 1. The summed E-state index contributed by atoms with van der Waals surface area (Å²) in [5, 5.41) is 8.07. The van der Waals surface area contributed by atoms with Crippen molar-refractivity contribution in [2.45, 2.75) is 6.61 Å². The molecule has 5 heteroatoms. The topological polar surface area (TPSA) is 68.3 Å². The zero-order valence-corrected chi connectivity index (χ0v) is 11.8. The number of methoxy groups -OCH3 is 1. The van der Waals surface area contributed by atoms with Crippen molar-refractivity contribution < 1.29 is 9.47 Å². The second kappa shape index (κ2) is 6.30. The van der Waals surface area contributed by atoms with Crippen molar-refractivity contribution in [2.24, 2.45) is 5.73 Å². The van der Waals surface area contributed by atoms with Crippen LogP contribution in [0.25, 0.3) is 0 Å². The third kappa shape index (κ3) is 3.42. The van der Waals surface area contributed by atoms with Gasteiger partial charge in [-0.1, -0.05) is 23.7 Å². The average molecular weight is 291 g/mol. The van der Waals surface area contributed by atoms with Crippen LogP contribution in [0, 0.1) is 5.41 Å². The summed E-state index contributed by atoms with van der Waals surface area (Å²) in [6.07, 6.45) is 0. The lowest BCUT2D eigenvalue weighted by Crippen LogP contribution is -2.13. The van der Waals surface area contributed by atoms with E-state index in [0.29, 0.717) is 22.9 Å². The minimum absolute atomic E-state index is 0.0534. The summed E-state index contributed by atoms with van der Waals surface area (Å²) in [6.45, 7) is 0.345. The van der Waals surface area contributed by atoms with Crippen molar-refractivity contribution in [1.82, 2.24) is 0 Å². The first-order valence-corrected chi connectivity index (χ1v) is 6.37. The Morgan fingerprint density at radius 3 is 2.75 bits per heavy atom. The van der Waals surface area contributed by atoms with E-state index in [0.717, 1.165) is 11.3 Å². The molecule has 2 aromatic carbocycles.